The minimum Gasteiger partial charge on any atom is -0.429 e. The number of hydrogen-bond donors (Lipinski definition) is 0. The molecule has 0 spiro atoms. The number of aryl methyl sites for hydroxylation is 1. The lowest BCUT2D eigenvalue weighted by Gasteiger charge is -2.20. The summed E-state index contributed by atoms with van der Waals surface area (Å²) in [7, 11) is 0. The van der Waals surface area contributed by atoms with Gasteiger partial charge in [0.2, 0.25) is 0 Å². The molecule has 5 rings (SSSR count). The highest BCUT2D eigenvalue weighted by atomic mass is 19.3. The van der Waals surface area contributed by atoms with Crippen LogP contribution in [0.25, 0.3) is 33.4 Å². The largest absolute Gasteiger partial charge is 0.432 e. The fourth-order valence-corrected chi connectivity index (χ4v) is 5.24. The molecule has 0 aromatic heterocycles. The smallest absolute Gasteiger partial charge is 0.429 e. The second-order valence-electron chi connectivity index (χ2n) is 11.0. The van der Waals surface area contributed by atoms with E-state index in [1.54, 1.807) is 6.07 Å². The molecule has 244 valence electrons. The maximum absolute atomic E-state index is 15.2. The van der Waals surface area contributed by atoms with Crippen LogP contribution < -0.4 is 4.74 Å². The fraction of sp³-hybridized carbons (Fsp3) is 0.189. The van der Waals surface area contributed by atoms with Crippen molar-refractivity contribution in [2.45, 2.75) is 45.1 Å². The monoisotopic (exact) mass is 658 g/mol. The fourth-order valence-electron chi connectivity index (χ4n) is 5.24. The molecular weight excluding hydrogens is 631 g/mol. The highest BCUT2D eigenvalue weighted by Gasteiger charge is 2.41. The Morgan fingerprint density at radius 3 is 1.72 bits per heavy atom. The van der Waals surface area contributed by atoms with Gasteiger partial charge in [-0.3, -0.25) is 0 Å². The van der Waals surface area contributed by atoms with Gasteiger partial charge >= 0.3 is 6.11 Å². The number of rotatable bonds is 11. The molecule has 0 heterocycles. The number of halogens is 9. The van der Waals surface area contributed by atoms with E-state index in [-0.39, 0.29) is 22.3 Å². The molecule has 0 atom stereocenters. The van der Waals surface area contributed by atoms with Gasteiger partial charge in [0.05, 0.1) is 5.56 Å². The quantitative estimate of drug-likeness (QED) is 0.101. The standard InChI is InChI=1S/C37H27F9O/c1-2-3-4-5-21-6-8-22(9-7-21)23-10-13-28(30(38)16-23)25-18-33(41)35(34(42)19-25)37(45,46)47-26-12-15-27(32(40)20-26)24-11-14-29(36(43)44)31(39)17-24/h6-20,36H,2-5H2,1H3. The molecule has 47 heavy (non-hydrogen) atoms. The molecule has 0 bridgehead atoms. The zero-order valence-corrected chi connectivity index (χ0v) is 24.9. The highest BCUT2D eigenvalue weighted by molar-refractivity contribution is 5.72. The van der Waals surface area contributed by atoms with Crippen LogP contribution in [0.2, 0.25) is 0 Å². The molecule has 0 amide bonds. The Bertz CT molecular complexity index is 1860. The molecule has 10 heteroatoms. The lowest BCUT2D eigenvalue weighted by Crippen LogP contribution is -2.25. The number of benzene rings is 5. The van der Waals surface area contributed by atoms with Gasteiger partial charge in [-0.1, -0.05) is 62.2 Å². The van der Waals surface area contributed by atoms with Crippen molar-refractivity contribution < 1.29 is 44.3 Å². The van der Waals surface area contributed by atoms with Crippen molar-refractivity contribution >= 4 is 0 Å². The molecule has 0 aliphatic rings. The van der Waals surface area contributed by atoms with Crippen LogP contribution >= 0.6 is 0 Å². The van der Waals surface area contributed by atoms with Gasteiger partial charge in [0.25, 0.3) is 6.43 Å². The summed E-state index contributed by atoms with van der Waals surface area (Å²) in [4.78, 5) is 0. The summed E-state index contributed by atoms with van der Waals surface area (Å²) >= 11 is 0. The van der Waals surface area contributed by atoms with E-state index < -0.39 is 58.5 Å². The molecule has 5 aromatic carbocycles. The highest BCUT2D eigenvalue weighted by Crippen LogP contribution is 2.39. The molecule has 0 N–H and O–H groups in total. The Balaban J connectivity index is 1.35. The van der Waals surface area contributed by atoms with Gasteiger partial charge in [-0.05, 0) is 83.1 Å². The van der Waals surface area contributed by atoms with Gasteiger partial charge in [-0.15, -0.1) is 0 Å². The molecule has 1 nitrogen and oxygen atoms in total. The molecule has 0 saturated carbocycles. The van der Waals surface area contributed by atoms with Crippen molar-refractivity contribution in [2.75, 3.05) is 0 Å². The molecular formula is C37H27F9O. The number of hydrogen-bond acceptors (Lipinski definition) is 1. The maximum atomic E-state index is 15.2. The van der Waals surface area contributed by atoms with Crippen molar-refractivity contribution in [1.29, 1.82) is 0 Å². The summed E-state index contributed by atoms with van der Waals surface area (Å²) in [6, 6.07) is 17.4. The van der Waals surface area contributed by atoms with Crippen LogP contribution in [0.5, 0.6) is 5.75 Å². The minimum atomic E-state index is -4.64. The van der Waals surface area contributed by atoms with Gasteiger partial charge < -0.3 is 4.74 Å². The Kier molecular flexibility index (Phi) is 9.98. The summed E-state index contributed by atoms with van der Waals surface area (Å²) in [5.74, 6) is -7.63. The summed E-state index contributed by atoms with van der Waals surface area (Å²) in [5.41, 5.74) is -1.36. The first kappa shape index (κ1) is 33.6. The molecule has 0 aliphatic heterocycles. The van der Waals surface area contributed by atoms with Crippen LogP contribution in [0, 0.1) is 29.1 Å². The van der Waals surface area contributed by atoms with Crippen LogP contribution in [-0.2, 0) is 12.5 Å². The third-order valence-electron chi connectivity index (χ3n) is 7.70. The average molecular weight is 659 g/mol. The molecule has 0 aliphatic carbocycles. The second-order valence-corrected chi connectivity index (χ2v) is 11.0. The lowest BCUT2D eigenvalue weighted by atomic mass is 9.97. The van der Waals surface area contributed by atoms with Gasteiger partial charge in [-0.25, -0.2) is 30.7 Å². The van der Waals surface area contributed by atoms with E-state index >= 15 is 22.0 Å². The Morgan fingerprint density at radius 2 is 1.13 bits per heavy atom. The van der Waals surface area contributed by atoms with Crippen LogP contribution in [-0.4, -0.2) is 0 Å². The molecule has 0 saturated heterocycles. The van der Waals surface area contributed by atoms with Gasteiger partial charge in [0, 0.05) is 17.2 Å². The third kappa shape index (κ3) is 7.48. The van der Waals surface area contributed by atoms with Gasteiger partial charge in [0.1, 0.15) is 40.4 Å². The normalized spacial score (nSPS) is 11.7. The van der Waals surface area contributed by atoms with Crippen molar-refractivity contribution in [3.63, 3.8) is 0 Å². The lowest BCUT2D eigenvalue weighted by molar-refractivity contribution is -0.189. The topological polar surface area (TPSA) is 9.23 Å². The van der Waals surface area contributed by atoms with E-state index in [0.29, 0.717) is 29.8 Å². The van der Waals surface area contributed by atoms with Crippen molar-refractivity contribution in [3.8, 4) is 39.1 Å². The van der Waals surface area contributed by atoms with Crippen molar-refractivity contribution in [3.05, 3.63) is 137 Å². The van der Waals surface area contributed by atoms with E-state index in [1.165, 1.54) is 12.1 Å². The van der Waals surface area contributed by atoms with E-state index in [2.05, 4.69) is 11.7 Å². The van der Waals surface area contributed by atoms with Crippen molar-refractivity contribution in [2.24, 2.45) is 0 Å². The third-order valence-corrected chi connectivity index (χ3v) is 7.70. The van der Waals surface area contributed by atoms with Gasteiger partial charge in [-0.2, -0.15) is 8.78 Å². The summed E-state index contributed by atoms with van der Waals surface area (Å²) in [6.07, 6.45) is -3.55. The molecule has 5 aromatic rings. The number of unbranched alkanes of at least 4 members (excludes halogenated alkanes) is 2. The second kappa shape index (κ2) is 13.9. The minimum absolute atomic E-state index is 0.161. The predicted molar refractivity (Wildman–Crippen MR) is 162 cm³/mol. The zero-order chi connectivity index (χ0) is 33.9. The molecule has 0 unspecified atom stereocenters. The summed E-state index contributed by atoms with van der Waals surface area (Å²) in [6.45, 7) is 2.12. The summed E-state index contributed by atoms with van der Waals surface area (Å²) in [5, 5.41) is 0. The number of alkyl halides is 4. The van der Waals surface area contributed by atoms with E-state index in [0.717, 1.165) is 61.1 Å². The molecule has 0 fully saturated rings. The Labute approximate surface area is 265 Å². The predicted octanol–water partition coefficient (Wildman–Crippen LogP) is 12.2. The SMILES string of the molecule is CCCCCc1ccc(-c2ccc(-c3cc(F)c(C(F)(F)Oc4ccc(-c5ccc(C(F)F)c(F)c5)c(F)c4)c(F)c3)c(F)c2)cc1. The van der Waals surface area contributed by atoms with Crippen LogP contribution in [0.15, 0.2) is 91.0 Å². The van der Waals surface area contributed by atoms with E-state index in [4.69, 9.17) is 0 Å². The summed E-state index contributed by atoms with van der Waals surface area (Å²) < 4.78 is 134. The first-order chi connectivity index (χ1) is 22.4. The first-order valence-corrected chi connectivity index (χ1v) is 14.7. The van der Waals surface area contributed by atoms with Crippen LogP contribution in [0.1, 0.15) is 49.3 Å². The maximum Gasteiger partial charge on any atom is 0.432 e. The van der Waals surface area contributed by atoms with E-state index in [1.807, 2.05) is 24.3 Å². The first-order valence-electron chi connectivity index (χ1n) is 14.7. The zero-order valence-electron chi connectivity index (χ0n) is 24.9. The molecule has 0 radical (unpaired) electrons. The van der Waals surface area contributed by atoms with Crippen LogP contribution in [0.4, 0.5) is 39.5 Å². The average Bonchev–Trinajstić information content (AvgIpc) is 3.00. The van der Waals surface area contributed by atoms with Crippen LogP contribution in [0.3, 0.4) is 0 Å². The van der Waals surface area contributed by atoms with Gasteiger partial charge in [0.15, 0.2) is 0 Å². The Hall–Kier alpha value is -4.73. The number of ether oxygens (including phenoxy) is 1. The van der Waals surface area contributed by atoms with Crippen molar-refractivity contribution in [1.82, 2.24) is 0 Å². The van der Waals surface area contributed by atoms with E-state index in [9.17, 15) is 17.6 Å². The Morgan fingerprint density at radius 1 is 0.574 bits per heavy atom.